The van der Waals surface area contributed by atoms with Crippen molar-refractivity contribution in [2.24, 2.45) is 0 Å². The van der Waals surface area contributed by atoms with Crippen LogP contribution in [0.4, 0.5) is 0 Å². The van der Waals surface area contributed by atoms with Gasteiger partial charge in [-0.1, -0.05) is 17.7 Å². The number of rotatable bonds is 3. The molecule has 0 aliphatic carbocycles. The van der Waals surface area contributed by atoms with E-state index >= 15 is 0 Å². The number of carboxylic acids is 1. The Kier molecular flexibility index (Phi) is 2.60. The maximum atomic E-state index is 10.4. The number of halogens is 1. The zero-order valence-corrected chi connectivity index (χ0v) is 8.58. The van der Waals surface area contributed by atoms with Gasteiger partial charge in [0.05, 0.1) is 17.0 Å². The summed E-state index contributed by atoms with van der Waals surface area (Å²) in [6.07, 6.45) is 0.484. The number of nitrogens with zero attached hydrogens (tertiary/aromatic N) is 1. The van der Waals surface area contributed by atoms with Crippen LogP contribution in [0, 0.1) is 0 Å². The average molecular weight is 225 g/mol. The Morgan fingerprint density at radius 3 is 3.07 bits per heavy atom. The van der Waals surface area contributed by atoms with E-state index in [1.807, 2.05) is 12.1 Å². The fraction of sp³-hybridized carbons (Fsp3) is 0.200. The first-order chi connectivity index (χ1) is 7.18. The Bertz CT molecular complexity index is 507. The molecule has 0 aliphatic heterocycles. The van der Waals surface area contributed by atoms with Crippen LogP contribution in [0.5, 0.6) is 0 Å². The van der Waals surface area contributed by atoms with E-state index in [4.69, 9.17) is 16.7 Å². The Balaban J connectivity index is 2.39. The molecule has 1 aromatic heterocycles. The number of aromatic nitrogens is 2. The van der Waals surface area contributed by atoms with Gasteiger partial charge >= 0.3 is 5.97 Å². The molecule has 2 aromatic rings. The molecule has 2 N–H and O–H groups in total. The number of benzene rings is 1. The van der Waals surface area contributed by atoms with Crippen molar-refractivity contribution in [3.8, 4) is 0 Å². The van der Waals surface area contributed by atoms with Crippen molar-refractivity contribution in [3.63, 3.8) is 0 Å². The first-order valence-electron chi connectivity index (χ1n) is 4.52. The van der Waals surface area contributed by atoms with Gasteiger partial charge in [0.15, 0.2) is 0 Å². The van der Waals surface area contributed by atoms with Crippen molar-refractivity contribution in [1.29, 1.82) is 0 Å². The van der Waals surface area contributed by atoms with Crippen LogP contribution in [0.2, 0.25) is 5.02 Å². The number of aliphatic carboxylic acids is 1. The molecular weight excluding hydrogens is 216 g/mol. The lowest BCUT2D eigenvalue weighted by Crippen LogP contribution is -1.98. The monoisotopic (exact) mass is 224 g/mol. The molecule has 2 rings (SSSR count). The summed E-state index contributed by atoms with van der Waals surface area (Å²) in [6.45, 7) is 0. The molecular formula is C10H9ClN2O2. The maximum Gasteiger partial charge on any atom is 0.303 e. The van der Waals surface area contributed by atoms with Crippen molar-refractivity contribution >= 4 is 28.5 Å². The molecule has 0 bridgehead atoms. The van der Waals surface area contributed by atoms with Crippen LogP contribution in [-0.4, -0.2) is 21.3 Å². The topological polar surface area (TPSA) is 66.0 Å². The maximum absolute atomic E-state index is 10.4. The van der Waals surface area contributed by atoms with Gasteiger partial charge < -0.3 is 5.11 Å². The summed E-state index contributed by atoms with van der Waals surface area (Å²) >= 11 is 6.01. The normalized spacial score (nSPS) is 10.7. The van der Waals surface area contributed by atoms with E-state index in [0.717, 1.165) is 16.6 Å². The van der Waals surface area contributed by atoms with Crippen LogP contribution in [0.3, 0.4) is 0 Å². The summed E-state index contributed by atoms with van der Waals surface area (Å²) in [4.78, 5) is 10.4. The number of hydrogen-bond acceptors (Lipinski definition) is 2. The van der Waals surface area contributed by atoms with Gasteiger partial charge in [-0.25, -0.2) is 0 Å². The highest BCUT2D eigenvalue weighted by Gasteiger charge is 2.09. The second kappa shape index (κ2) is 3.90. The second-order valence-electron chi connectivity index (χ2n) is 3.23. The van der Waals surface area contributed by atoms with Crippen LogP contribution in [0.25, 0.3) is 10.9 Å². The van der Waals surface area contributed by atoms with Crippen molar-refractivity contribution in [3.05, 3.63) is 28.9 Å². The molecule has 0 saturated carbocycles. The quantitative estimate of drug-likeness (QED) is 0.840. The SMILES string of the molecule is O=C(O)CCc1[nH]nc2cccc(Cl)c12. The first-order valence-corrected chi connectivity index (χ1v) is 4.89. The van der Waals surface area contributed by atoms with Crippen molar-refractivity contribution < 1.29 is 9.90 Å². The molecule has 0 spiro atoms. The van der Waals surface area contributed by atoms with Crippen molar-refractivity contribution in [2.75, 3.05) is 0 Å². The zero-order chi connectivity index (χ0) is 10.8. The third-order valence-electron chi connectivity index (χ3n) is 2.19. The highest BCUT2D eigenvalue weighted by molar-refractivity contribution is 6.35. The summed E-state index contributed by atoms with van der Waals surface area (Å²) in [5, 5.41) is 16.9. The summed E-state index contributed by atoms with van der Waals surface area (Å²) in [5.41, 5.74) is 1.54. The van der Waals surface area contributed by atoms with Crippen LogP contribution < -0.4 is 0 Å². The number of fused-ring (bicyclic) bond motifs is 1. The number of aromatic amines is 1. The largest absolute Gasteiger partial charge is 0.481 e. The molecule has 1 aromatic carbocycles. The summed E-state index contributed by atoms with van der Waals surface area (Å²) in [5.74, 6) is -0.829. The van der Waals surface area contributed by atoms with Gasteiger partial charge in [0, 0.05) is 17.5 Å². The van der Waals surface area contributed by atoms with Gasteiger partial charge in [0.2, 0.25) is 0 Å². The minimum absolute atomic E-state index is 0.0719. The molecule has 0 saturated heterocycles. The second-order valence-corrected chi connectivity index (χ2v) is 3.64. The standard InChI is InChI=1S/C10H9ClN2O2/c11-6-2-1-3-7-10(6)8(13-12-7)4-5-9(14)15/h1-3H,4-5H2,(H,12,13)(H,14,15). The third kappa shape index (κ3) is 1.94. The van der Waals surface area contributed by atoms with Gasteiger partial charge in [-0.3, -0.25) is 9.89 Å². The van der Waals surface area contributed by atoms with Crippen molar-refractivity contribution in [2.45, 2.75) is 12.8 Å². The first kappa shape index (κ1) is 9.98. The molecule has 78 valence electrons. The number of carbonyl (C=O) groups is 1. The van der Waals surface area contributed by atoms with Crippen LogP contribution >= 0.6 is 11.6 Å². The molecule has 15 heavy (non-hydrogen) atoms. The van der Waals surface area contributed by atoms with E-state index in [-0.39, 0.29) is 6.42 Å². The molecule has 1 heterocycles. The molecule has 0 atom stereocenters. The van der Waals surface area contributed by atoms with Gasteiger partial charge in [-0.2, -0.15) is 5.10 Å². The minimum atomic E-state index is -0.829. The number of carboxylic acid groups (broad SMARTS) is 1. The molecule has 5 heteroatoms. The number of hydrogen-bond donors (Lipinski definition) is 2. The predicted molar refractivity (Wildman–Crippen MR) is 57.1 cm³/mol. The zero-order valence-electron chi connectivity index (χ0n) is 7.83. The molecule has 0 amide bonds. The number of aryl methyl sites for hydroxylation is 1. The van der Waals surface area contributed by atoms with E-state index in [2.05, 4.69) is 10.2 Å². The van der Waals surface area contributed by atoms with Crippen LogP contribution in [0.1, 0.15) is 12.1 Å². The Morgan fingerprint density at radius 2 is 2.33 bits per heavy atom. The van der Waals surface area contributed by atoms with E-state index < -0.39 is 5.97 Å². The highest BCUT2D eigenvalue weighted by Crippen LogP contribution is 2.25. The number of H-pyrrole nitrogens is 1. The summed E-state index contributed by atoms with van der Waals surface area (Å²) < 4.78 is 0. The molecule has 0 fully saturated rings. The lowest BCUT2D eigenvalue weighted by molar-refractivity contribution is -0.136. The number of nitrogens with one attached hydrogen (secondary N) is 1. The smallest absolute Gasteiger partial charge is 0.303 e. The highest BCUT2D eigenvalue weighted by atomic mass is 35.5. The van der Waals surface area contributed by atoms with Gasteiger partial charge in [0.1, 0.15) is 0 Å². The minimum Gasteiger partial charge on any atom is -0.481 e. The van der Waals surface area contributed by atoms with Gasteiger partial charge in [-0.05, 0) is 12.1 Å². The van der Waals surface area contributed by atoms with E-state index in [0.29, 0.717) is 11.4 Å². The van der Waals surface area contributed by atoms with Crippen LogP contribution in [-0.2, 0) is 11.2 Å². The Morgan fingerprint density at radius 1 is 1.53 bits per heavy atom. The fourth-order valence-corrected chi connectivity index (χ4v) is 1.78. The third-order valence-corrected chi connectivity index (χ3v) is 2.51. The predicted octanol–water partition coefficient (Wildman–Crippen LogP) is 2.23. The van der Waals surface area contributed by atoms with Crippen LogP contribution in [0.15, 0.2) is 18.2 Å². The molecule has 0 aliphatic rings. The lowest BCUT2D eigenvalue weighted by atomic mass is 10.1. The van der Waals surface area contributed by atoms with E-state index in [1.54, 1.807) is 6.07 Å². The summed E-state index contributed by atoms with van der Waals surface area (Å²) in [6, 6.07) is 5.41. The van der Waals surface area contributed by atoms with E-state index in [1.165, 1.54) is 0 Å². The molecule has 4 nitrogen and oxygen atoms in total. The Hall–Kier alpha value is -1.55. The van der Waals surface area contributed by atoms with Gasteiger partial charge in [0.25, 0.3) is 0 Å². The average Bonchev–Trinajstić information content (AvgIpc) is 2.59. The fourth-order valence-electron chi connectivity index (χ4n) is 1.50. The molecule has 0 radical (unpaired) electrons. The van der Waals surface area contributed by atoms with E-state index in [9.17, 15) is 4.79 Å². The van der Waals surface area contributed by atoms with Crippen molar-refractivity contribution in [1.82, 2.24) is 10.2 Å². The summed E-state index contributed by atoms with van der Waals surface area (Å²) in [7, 11) is 0. The Labute approximate surface area is 90.9 Å². The lowest BCUT2D eigenvalue weighted by Gasteiger charge is -1.97. The van der Waals surface area contributed by atoms with Gasteiger partial charge in [-0.15, -0.1) is 0 Å². The molecule has 0 unspecified atom stereocenters.